The van der Waals surface area contributed by atoms with Crippen molar-refractivity contribution in [2.45, 2.75) is 64.5 Å². The van der Waals surface area contributed by atoms with Gasteiger partial charge in [-0.2, -0.15) is 0 Å². The number of hydrogen-bond acceptors (Lipinski definition) is 3. The second-order valence-electron chi connectivity index (χ2n) is 6.57. The summed E-state index contributed by atoms with van der Waals surface area (Å²) in [4.78, 5) is 16.8. The highest BCUT2D eigenvalue weighted by molar-refractivity contribution is 5.76. The number of nitrogens with one attached hydrogen (secondary N) is 1. The summed E-state index contributed by atoms with van der Waals surface area (Å²) < 4.78 is 0. The van der Waals surface area contributed by atoms with Crippen molar-refractivity contribution in [3.63, 3.8) is 0 Å². The third-order valence-corrected chi connectivity index (χ3v) is 4.63. The first-order chi connectivity index (χ1) is 9.66. The lowest BCUT2D eigenvalue weighted by molar-refractivity contribution is -0.133. The van der Waals surface area contributed by atoms with E-state index in [2.05, 4.69) is 29.0 Å². The predicted octanol–water partition coefficient (Wildman–Crippen LogP) is 1.85. The average molecular weight is 281 g/mol. The van der Waals surface area contributed by atoms with Gasteiger partial charge in [-0.15, -0.1) is 0 Å². The van der Waals surface area contributed by atoms with E-state index in [-0.39, 0.29) is 0 Å². The van der Waals surface area contributed by atoms with Gasteiger partial charge in [-0.3, -0.25) is 9.69 Å². The fraction of sp³-hybridized carbons (Fsp3) is 0.938. The highest BCUT2D eigenvalue weighted by Gasteiger charge is 2.27. The molecule has 20 heavy (non-hydrogen) atoms. The average Bonchev–Trinajstić information content (AvgIpc) is 2.97. The fourth-order valence-corrected chi connectivity index (χ4v) is 3.39. The molecular formula is C16H31N3O. The summed E-state index contributed by atoms with van der Waals surface area (Å²) >= 11 is 0. The van der Waals surface area contributed by atoms with Gasteiger partial charge in [0.25, 0.3) is 0 Å². The molecule has 2 aliphatic rings. The molecule has 0 unspecified atom stereocenters. The van der Waals surface area contributed by atoms with Crippen LogP contribution in [0.5, 0.6) is 0 Å². The molecule has 4 heteroatoms. The van der Waals surface area contributed by atoms with Gasteiger partial charge in [0, 0.05) is 44.7 Å². The molecule has 1 saturated carbocycles. The van der Waals surface area contributed by atoms with Crippen LogP contribution < -0.4 is 5.32 Å². The van der Waals surface area contributed by atoms with Crippen LogP contribution in [0.3, 0.4) is 0 Å². The van der Waals surface area contributed by atoms with E-state index in [1.807, 2.05) is 0 Å². The van der Waals surface area contributed by atoms with Gasteiger partial charge in [-0.1, -0.05) is 26.7 Å². The number of hydrogen-bond donors (Lipinski definition) is 1. The maximum atomic E-state index is 12.2. The highest BCUT2D eigenvalue weighted by atomic mass is 16.2. The number of amides is 1. The van der Waals surface area contributed by atoms with Crippen molar-refractivity contribution in [2.75, 3.05) is 32.7 Å². The Morgan fingerprint density at radius 2 is 1.80 bits per heavy atom. The molecule has 0 spiro atoms. The fourth-order valence-electron chi connectivity index (χ4n) is 3.39. The third kappa shape index (κ3) is 4.74. The van der Waals surface area contributed by atoms with Crippen LogP contribution in [0.2, 0.25) is 0 Å². The standard InChI is InChI=1S/C16H31N3O/c1-14(2)17-9-5-8-16(20)19-12-10-18(11-13-19)15-6-3-4-7-15/h14-15,17H,3-13H2,1-2H3. The molecule has 0 bridgehead atoms. The molecule has 1 aliphatic heterocycles. The molecule has 2 rings (SSSR count). The SMILES string of the molecule is CC(C)NCCCC(=O)N1CCN(C2CCCC2)CC1. The normalized spacial score (nSPS) is 21.9. The van der Waals surface area contributed by atoms with Crippen LogP contribution in [0.15, 0.2) is 0 Å². The maximum Gasteiger partial charge on any atom is 0.222 e. The van der Waals surface area contributed by atoms with E-state index in [1.54, 1.807) is 0 Å². The molecule has 0 aromatic heterocycles. The minimum Gasteiger partial charge on any atom is -0.340 e. The third-order valence-electron chi connectivity index (χ3n) is 4.63. The predicted molar refractivity (Wildman–Crippen MR) is 82.8 cm³/mol. The van der Waals surface area contributed by atoms with Crippen LogP contribution in [0.25, 0.3) is 0 Å². The molecule has 2 fully saturated rings. The zero-order valence-corrected chi connectivity index (χ0v) is 13.2. The van der Waals surface area contributed by atoms with Gasteiger partial charge in [-0.25, -0.2) is 0 Å². The molecule has 0 aromatic rings. The van der Waals surface area contributed by atoms with Crippen LogP contribution in [-0.2, 0) is 4.79 Å². The molecular weight excluding hydrogens is 250 g/mol. The Morgan fingerprint density at radius 3 is 2.40 bits per heavy atom. The minimum absolute atomic E-state index is 0.349. The lowest BCUT2D eigenvalue weighted by Crippen LogP contribution is -2.51. The van der Waals surface area contributed by atoms with E-state index in [0.717, 1.165) is 45.2 Å². The second-order valence-corrected chi connectivity index (χ2v) is 6.57. The highest BCUT2D eigenvalue weighted by Crippen LogP contribution is 2.24. The molecule has 4 nitrogen and oxygen atoms in total. The number of rotatable bonds is 6. The van der Waals surface area contributed by atoms with Gasteiger partial charge in [0.1, 0.15) is 0 Å². The minimum atomic E-state index is 0.349. The van der Waals surface area contributed by atoms with E-state index < -0.39 is 0 Å². The Labute approximate surface area is 123 Å². The Morgan fingerprint density at radius 1 is 1.15 bits per heavy atom. The lowest BCUT2D eigenvalue weighted by atomic mass is 10.1. The first kappa shape index (κ1) is 15.8. The van der Waals surface area contributed by atoms with E-state index in [0.29, 0.717) is 18.4 Å². The van der Waals surface area contributed by atoms with Crippen LogP contribution in [0.4, 0.5) is 0 Å². The van der Waals surface area contributed by atoms with Crippen molar-refractivity contribution in [3.05, 3.63) is 0 Å². The Balaban J connectivity index is 1.61. The molecule has 116 valence electrons. The summed E-state index contributed by atoms with van der Waals surface area (Å²) in [6, 6.07) is 1.32. The molecule has 1 heterocycles. The summed E-state index contributed by atoms with van der Waals surface area (Å²) in [5, 5.41) is 3.37. The van der Waals surface area contributed by atoms with Crippen molar-refractivity contribution in [2.24, 2.45) is 0 Å². The first-order valence-electron chi connectivity index (χ1n) is 8.42. The molecule has 1 saturated heterocycles. The van der Waals surface area contributed by atoms with E-state index >= 15 is 0 Å². The molecule has 1 amide bonds. The maximum absolute atomic E-state index is 12.2. The van der Waals surface area contributed by atoms with Crippen LogP contribution in [0.1, 0.15) is 52.4 Å². The van der Waals surface area contributed by atoms with Gasteiger partial charge in [0.05, 0.1) is 0 Å². The zero-order valence-electron chi connectivity index (χ0n) is 13.2. The van der Waals surface area contributed by atoms with E-state index in [4.69, 9.17) is 0 Å². The smallest absolute Gasteiger partial charge is 0.222 e. The van der Waals surface area contributed by atoms with Crippen LogP contribution >= 0.6 is 0 Å². The Bertz CT molecular complexity index is 292. The summed E-state index contributed by atoms with van der Waals surface area (Å²) in [5.41, 5.74) is 0. The number of carbonyl (C=O) groups excluding carboxylic acids is 1. The molecule has 0 aromatic carbocycles. The van der Waals surface area contributed by atoms with E-state index in [1.165, 1.54) is 25.7 Å². The van der Waals surface area contributed by atoms with Crippen molar-refractivity contribution in [1.29, 1.82) is 0 Å². The van der Waals surface area contributed by atoms with Gasteiger partial charge in [0.15, 0.2) is 0 Å². The van der Waals surface area contributed by atoms with Crippen molar-refractivity contribution in [3.8, 4) is 0 Å². The zero-order chi connectivity index (χ0) is 14.4. The topological polar surface area (TPSA) is 35.6 Å². The molecule has 1 aliphatic carbocycles. The second kappa shape index (κ2) is 7.99. The Kier molecular flexibility index (Phi) is 6.30. The molecule has 1 N–H and O–H groups in total. The monoisotopic (exact) mass is 281 g/mol. The molecule has 0 atom stereocenters. The lowest BCUT2D eigenvalue weighted by Gasteiger charge is -2.38. The first-order valence-corrected chi connectivity index (χ1v) is 8.42. The van der Waals surface area contributed by atoms with Crippen LogP contribution in [0, 0.1) is 0 Å². The van der Waals surface area contributed by atoms with Crippen molar-refractivity contribution < 1.29 is 4.79 Å². The summed E-state index contributed by atoms with van der Waals surface area (Å²) in [6.07, 6.45) is 7.19. The Hall–Kier alpha value is -0.610. The number of carbonyl (C=O) groups is 1. The summed E-state index contributed by atoms with van der Waals surface area (Å²) in [5.74, 6) is 0.349. The quantitative estimate of drug-likeness (QED) is 0.755. The van der Waals surface area contributed by atoms with Crippen molar-refractivity contribution in [1.82, 2.24) is 15.1 Å². The summed E-state index contributed by atoms with van der Waals surface area (Å²) in [7, 11) is 0. The van der Waals surface area contributed by atoms with Gasteiger partial charge < -0.3 is 10.2 Å². The summed E-state index contributed by atoms with van der Waals surface area (Å²) in [6.45, 7) is 9.28. The molecule has 0 radical (unpaired) electrons. The number of nitrogens with zero attached hydrogens (tertiary/aromatic N) is 2. The largest absolute Gasteiger partial charge is 0.340 e. The van der Waals surface area contributed by atoms with Crippen LogP contribution in [-0.4, -0.2) is 60.5 Å². The van der Waals surface area contributed by atoms with Crippen molar-refractivity contribution >= 4 is 5.91 Å². The number of piperazine rings is 1. The van der Waals surface area contributed by atoms with Gasteiger partial charge in [0.2, 0.25) is 5.91 Å². The van der Waals surface area contributed by atoms with Gasteiger partial charge in [-0.05, 0) is 25.8 Å². The van der Waals surface area contributed by atoms with Gasteiger partial charge >= 0.3 is 0 Å². The van der Waals surface area contributed by atoms with E-state index in [9.17, 15) is 4.79 Å².